The molecule has 19 heavy (non-hydrogen) atoms. The summed E-state index contributed by atoms with van der Waals surface area (Å²) in [5, 5.41) is 9.46. The van der Waals surface area contributed by atoms with Gasteiger partial charge in [-0.3, -0.25) is 14.8 Å². The molecule has 0 unspecified atom stereocenters. The summed E-state index contributed by atoms with van der Waals surface area (Å²) in [5.41, 5.74) is 0.970. The van der Waals surface area contributed by atoms with Gasteiger partial charge in [-0.1, -0.05) is 0 Å². The number of aromatic nitrogens is 3. The van der Waals surface area contributed by atoms with Crippen molar-refractivity contribution in [2.24, 2.45) is 0 Å². The van der Waals surface area contributed by atoms with Crippen LogP contribution in [-0.2, 0) is 11.3 Å². The molecule has 7 heteroatoms. The second kappa shape index (κ2) is 6.44. The van der Waals surface area contributed by atoms with Crippen LogP contribution in [0.15, 0.2) is 35.1 Å². The van der Waals surface area contributed by atoms with Crippen LogP contribution in [0.4, 0.5) is 5.82 Å². The van der Waals surface area contributed by atoms with Crippen molar-refractivity contribution in [2.75, 3.05) is 18.9 Å². The van der Waals surface area contributed by atoms with Crippen LogP contribution in [0.1, 0.15) is 5.69 Å². The Morgan fingerprint density at radius 3 is 2.95 bits per heavy atom. The molecule has 2 aromatic rings. The lowest BCUT2D eigenvalue weighted by Crippen LogP contribution is -2.30. The predicted molar refractivity (Wildman–Crippen MR) is 75.5 cm³/mol. The number of hydrogen-bond donors (Lipinski definition) is 2. The first-order valence-corrected chi connectivity index (χ1v) is 6.51. The molecule has 100 valence electrons. The molecule has 0 aliphatic heterocycles. The van der Waals surface area contributed by atoms with E-state index < -0.39 is 0 Å². The first kappa shape index (κ1) is 13.7. The molecule has 6 nitrogen and oxygen atoms in total. The number of pyridine rings is 1. The minimum Gasteiger partial charge on any atom is -0.310 e. The highest BCUT2D eigenvalue weighted by atomic mass is 79.9. The predicted octanol–water partition coefficient (Wildman–Crippen LogP) is 1.64. The van der Waals surface area contributed by atoms with E-state index in [0.29, 0.717) is 12.4 Å². The molecule has 0 aliphatic rings. The monoisotopic (exact) mass is 323 g/mol. The van der Waals surface area contributed by atoms with Gasteiger partial charge in [-0.25, -0.2) is 4.98 Å². The molecule has 2 heterocycles. The number of rotatable bonds is 5. The van der Waals surface area contributed by atoms with Crippen molar-refractivity contribution in [3.63, 3.8) is 0 Å². The Hall–Kier alpha value is -1.73. The average Bonchev–Trinajstić information content (AvgIpc) is 2.84. The number of H-pyrrole nitrogens is 1. The van der Waals surface area contributed by atoms with Crippen LogP contribution in [-0.4, -0.2) is 39.6 Å². The topological polar surface area (TPSA) is 73.9 Å². The third kappa shape index (κ3) is 4.46. The number of carbonyl (C=O) groups excluding carboxylic acids is 1. The summed E-state index contributed by atoms with van der Waals surface area (Å²) < 4.78 is 0.877. The smallest absolute Gasteiger partial charge is 0.239 e. The van der Waals surface area contributed by atoms with E-state index in [1.807, 2.05) is 24.1 Å². The Morgan fingerprint density at radius 2 is 2.32 bits per heavy atom. The summed E-state index contributed by atoms with van der Waals surface area (Å²) in [6.45, 7) is 0.929. The Bertz CT molecular complexity index is 526. The summed E-state index contributed by atoms with van der Waals surface area (Å²) in [7, 11) is 1.87. The number of nitrogens with one attached hydrogen (secondary N) is 2. The third-order valence-corrected chi connectivity index (χ3v) is 2.88. The summed E-state index contributed by atoms with van der Waals surface area (Å²) in [6, 6.07) is 5.46. The molecule has 0 saturated carbocycles. The van der Waals surface area contributed by atoms with E-state index in [2.05, 4.69) is 36.4 Å². The maximum Gasteiger partial charge on any atom is 0.239 e. The fourth-order valence-corrected chi connectivity index (χ4v) is 1.83. The highest BCUT2D eigenvalue weighted by Gasteiger charge is 2.08. The Labute approximate surface area is 119 Å². The third-order valence-electron chi connectivity index (χ3n) is 2.41. The lowest BCUT2D eigenvalue weighted by Gasteiger charge is -2.14. The van der Waals surface area contributed by atoms with E-state index in [-0.39, 0.29) is 12.5 Å². The number of amides is 1. The molecule has 0 fully saturated rings. The zero-order chi connectivity index (χ0) is 13.7. The van der Waals surface area contributed by atoms with Crippen molar-refractivity contribution in [1.29, 1.82) is 0 Å². The van der Waals surface area contributed by atoms with E-state index in [1.165, 1.54) is 0 Å². The molecular formula is C12H14BrN5O. The van der Waals surface area contributed by atoms with Crippen molar-refractivity contribution in [3.8, 4) is 0 Å². The summed E-state index contributed by atoms with van der Waals surface area (Å²) in [6.07, 6.45) is 3.33. The van der Waals surface area contributed by atoms with Crippen LogP contribution in [0.3, 0.4) is 0 Å². The fourth-order valence-electron chi connectivity index (χ4n) is 1.60. The summed E-state index contributed by atoms with van der Waals surface area (Å²) >= 11 is 3.29. The van der Waals surface area contributed by atoms with Gasteiger partial charge in [0.15, 0.2) is 0 Å². The van der Waals surface area contributed by atoms with Crippen LogP contribution in [0, 0.1) is 0 Å². The largest absolute Gasteiger partial charge is 0.310 e. The van der Waals surface area contributed by atoms with Gasteiger partial charge in [0.2, 0.25) is 5.91 Å². The molecule has 2 rings (SSSR count). The van der Waals surface area contributed by atoms with Gasteiger partial charge >= 0.3 is 0 Å². The molecule has 0 bridgehead atoms. The normalized spacial score (nSPS) is 10.7. The minimum absolute atomic E-state index is 0.100. The first-order chi connectivity index (χ1) is 9.13. The van der Waals surface area contributed by atoms with Crippen LogP contribution in [0.2, 0.25) is 0 Å². The summed E-state index contributed by atoms with van der Waals surface area (Å²) in [5.74, 6) is 0.444. The molecule has 0 saturated heterocycles. The van der Waals surface area contributed by atoms with Gasteiger partial charge in [-0.05, 0) is 41.2 Å². The number of hydrogen-bond acceptors (Lipinski definition) is 4. The standard InChI is InChI=1S/C12H14BrN5O/c1-18(7-10-4-5-15-17-10)8-12(19)16-11-3-2-9(13)6-14-11/h2-6H,7-8H2,1H3,(H,15,17)(H,14,16,19). The van der Waals surface area contributed by atoms with Crippen molar-refractivity contribution in [2.45, 2.75) is 6.54 Å². The van der Waals surface area contributed by atoms with Crippen LogP contribution >= 0.6 is 15.9 Å². The maximum absolute atomic E-state index is 11.8. The highest BCUT2D eigenvalue weighted by molar-refractivity contribution is 9.10. The van der Waals surface area contributed by atoms with Gasteiger partial charge in [-0.15, -0.1) is 0 Å². The van der Waals surface area contributed by atoms with Crippen molar-refractivity contribution < 1.29 is 4.79 Å². The van der Waals surface area contributed by atoms with Crippen LogP contribution in [0.25, 0.3) is 0 Å². The molecule has 0 radical (unpaired) electrons. The Morgan fingerprint density at radius 1 is 1.47 bits per heavy atom. The highest BCUT2D eigenvalue weighted by Crippen LogP contribution is 2.10. The van der Waals surface area contributed by atoms with Gasteiger partial charge in [0.1, 0.15) is 5.82 Å². The number of nitrogens with zero attached hydrogens (tertiary/aromatic N) is 3. The van der Waals surface area contributed by atoms with Crippen LogP contribution in [0.5, 0.6) is 0 Å². The molecule has 1 amide bonds. The zero-order valence-corrected chi connectivity index (χ0v) is 12.0. The van der Waals surface area contributed by atoms with Crippen molar-refractivity contribution in [1.82, 2.24) is 20.1 Å². The van der Waals surface area contributed by atoms with E-state index in [4.69, 9.17) is 0 Å². The van der Waals surface area contributed by atoms with Gasteiger partial charge in [0.05, 0.1) is 6.54 Å². The van der Waals surface area contributed by atoms with Crippen molar-refractivity contribution in [3.05, 3.63) is 40.8 Å². The Balaban J connectivity index is 1.82. The lowest BCUT2D eigenvalue weighted by molar-refractivity contribution is -0.117. The van der Waals surface area contributed by atoms with E-state index >= 15 is 0 Å². The van der Waals surface area contributed by atoms with Gasteiger partial charge in [0.25, 0.3) is 0 Å². The molecule has 0 aromatic carbocycles. The Kier molecular flexibility index (Phi) is 4.64. The molecule has 0 atom stereocenters. The van der Waals surface area contributed by atoms with Gasteiger partial charge in [-0.2, -0.15) is 5.10 Å². The first-order valence-electron chi connectivity index (χ1n) is 5.71. The van der Waals surface area contributed by atoms with Gasteiger partial charge < -0.3 is 5.32 Å². The molecule has 0 aliphatic carbocycles. The number of carbonyl (C=O) groups is 1. The quantitative estimate of drug-likeness (QED) is 0.877. The van der Waals surface area contributed by atoms with E-state index in [0.717, 1.165) is 10.2 Å². The SMILES string of the molecule is CN(CC(=O)Nc1ccc(Br)cn1)Cc1ccn[nH]1. The number of aromatic amines is 1. The molecule has 0 spiro atoms. The molecule has 2 N–H and O–H groups in total. The number of halogens is 1. The van der Waals surface area contributed by atoms with Crippen molar-refractivity contribution >= 4 is 27.7 Å². The minimum atomic E-state index is -0.100. The number of likely N-dealkylation sites (N-methyl/N-ethyl adjacent to an activating group) is 1. The van der Waals surface area contributed by atoms with E-state index in [9.17, 15) is 4.79 Å². The second-order valence-corrected chi connectivity index (χ2v) is 5.08. The fraction of sp³-hybridized carbons (Fsp3) is 0.250. The average molecular weight is 324 g/mol. The second-order valence-electron chi connectivity index (χ2n) is 4.16. The lowest BCUT2D eigenvalue weighted by atomic mass is 10.4. The zero-order valence-electron chi connectivity index (χ0n) is 10.4. The van der Waals surface area contributed by atoms with Gasteiger partial charge in [0, 0.05) is 29.1 Å². The number of anilines is 1. The maximum atomic E-state index is 11.8. The molecular weight excluding hydrogens is 310 g/mol. The summed E-state index contributed by atoms with van der Waals surface area (Å²) in [4.78, 5) is 17.8. The van der Waals surface area contributed by atoms with E-state index in [1.54, 1.807) is 18.5 Å². The van der Waals surface area contributed by atoms with Crippen LogP contribution < -0.4 is 5.32 Å². The molecule has 2 aromatic heterocycles.